The zero-order valence-electron chi connectivity index (χ0n) is 62.9. The molecule has 0 amide bonds. The van der Waals surface area contributed by atoms with Gasteiger partial charge in [0.05, 0.1) is 27.9 Å². The van der Waals surface area contributed by atoms with Crippen molar-refractivity contribution in [1.82, 2.24) is 59.2 Å². The van der Waals surface area contributed by atoms with Gasteiger partial charge in [0.2, 0.25) is 0 Å². The molecule has 0 radical (unpaired) electrons. The lowest BCUT2D eigenvalue weighted by molar-refractivity contribution is -0.155. The minimum atomic E-state index is -0.788. The molecule has 0 bridgehead atoms. The maximum absolute atomic E-state index is 13.3. The van der Waals surface area contributed by atoms with E-state index in [-0.39, 0.29) is 35.9 Å². The number of hydrogen-bond acceptors (Lipinski definition) is 17. The second-order valence-electron chi connectivity index (χ2n) is 33.1. The first-order chi connectivity index (χ1) is 48.8. The van der Waals surface area contributed by atoms with Gasteiger partial charge < -0.3 is 29.3 Å². The van der Waals surface area contributed by atoms with Crippen molar-refractivity contribution in [3.05, 3.63) is 149 Å². The van der Waals surface area contributed by atoms with Gasteiger partial charge in [0, 0.05) is 126 Å². The highest BCUT2D eigenvalue weighted by Crippen LogP contribution is 2.51. The Morgan fingerprint density at radius 2 is 0.882 bits per heavy atom. The molecule has 8 aromatic rings. The summed E-state index contributed by atoms with van der Waals surface area (Å²) in [5.74, 6) is 11.5. The van der Waals surface area contributed by atoms with Crippen LogP contribution >= 0.6 is 34.0 Å². The van der Waals surface area contributed by atoms with Gasteiger partial charge in [-0.15, -0.1) is 64.6 Å². The summed E-state index contributed by atoms with van der Waals surface area (Å²) in [6.45, 7) is 27.8. The highest BCUT2D eigenvalue weighted by Gasteiger charge is 2.44. The molecule has 6 aliphatic carbocycles. The zero-order chi connectivity index (χ0) is 72.5. The van der Waals surface area contributed by atoms with Gasteiger partial charge in [-0.1, -0.05) is 83.0 Å². The first-order valence-electron chi connectivity index (χ1n) is 38.1. The number of nitrogens with two attached hydrogens (primary N) is 1. The van der Waals surface area contributed by atoms with Crippen LogP contribution in [0, 0.1) is 63.2 Å². The number of ether oxygens (including phenoxy) is 1. The summed E-state index contributed by atoms with van der Waals surface area (Å²) < 4.78 is 12.8. The van der Waals surface area contributed by atoms with Gasteiger partial charge in [0.1, 0.15) is 46.3 Å². The van der Waals surface area contributed by atoms with Crippen molar-refractivity contribution in [3.8, 4) is 0 Å². The van der Waals surface area contributed by atoms with Crippen LogP contribution in [0.5, 0.6) is 0 Å². The number of carboxylic acid groups (broad SMARTS) is 1. The molecule has 2 aromatic carbocycles. The average molecular weight is 1450 g/mol. The lowest BCUT2D eigenvalue weighted by atomic mass is 9.71. The monoisotopic (exact) mass is 1440 g/mol. The van der Waals surface area contributed by atoms with Gasteiger partial charge in [-0.05, 0) is 203 Å². The van der Waals surface area contributed by atoms with E-state index in [9.17, 15) is 19.5 Å². The Morgan fingerprint density at radius 1 is 0.520 bits per heavy atom. The summed E-state index contributed by atoms with van der Waals surface area (Å²) in [4.78, 5) is 50.9. The molecule has 102 heavy (non-hydrogen) atoms. The number of Topliss-reactive ketones (excluding diaryl/α,β-unsaturated/α-hetero) is 1. The molecule has 0 saturated heterocycles. The van der Waals surface area contributed by atoms with E-state index >= 15 is 0 Å². The predicted molar refractivity (Wildman–Crippen MR) is 408 cm³/mol. The first-order valence-corrected chi connectivity index (χ1v) is 40.7. The Bertz CT molecular complexity index is 3990. The smallest absolute Gasteiger partial charge is 0.307 e. The molecule has 18 nitrogen and oxygen atoms in total. The summed E-state index contributed by atoms with van der Waals surface area (Å²) in [5.41, 5.74) is 12.0. The number of rotatable bonds is 29. The first kappa shape index (κ1) is 76.3. The largest absolute Gasteiger partial charge is 0.481 e. The normalized spacial score (nSPS) is 20.9. The van der Waals surface area contributed by atoms with Crippen LogP contribution in [0.4, 0.5) is 5.69 Å². The van der Waals surface area contributed by atoms with E-state index in [1.807, 2.05) is 68.4 Å². The molecule has 550 valence electrons. The summed E-state index contributed by atoms with van der Waals surface area (Å²) >= 11 is 4.87. The van der Waals surface area contributed by atoms with Gasteiger partial charge in [0.15, 0.2) is 0 Å². The van der Waals surface area contributed by atoms with Crippen LogP contribution in [0.15, 0.2) is 71.1 Å². The van der Waals surface area contributed by atoms with E-state index in [1.165, 1.54) is 106 Å². The minimum absolute atomic E-state index is 0.0211. The van der Waals surface area contributed by atoms with Crippen LogP contribution in [0.1, 0.15) is 309 Å². The molecule has 3 unspecified atom stereocenters. The van der Waals surface area contributed by atoms with Gasteiger partial charge in [0.25, 0.3) is 0 Å². The third kappa shape index (κ3) is 21.2. The van der Waals surface area contributed by atoms with Gasteiger partial charge in [-0.2, -0.15) is 0 Å². The van der Waals surface area contributed by atoms with Crippen molar-refractivity contribution in [2.75, 3.05) is 5.73 Å². The number of anilines is 1. The molecule has 21 heteroatoms. The number of aromatic nitrogens is 12. The lowest BCUT2D eigenvalue weighted by Gasteiger charge is -2.36. The SMILES string of the molecule is CC(C)CC1CC(c2nnc(C(CC(=O)O)Cc3nccs3)n2C2CC2)C1.CC(C)CC1CC(c2nnc(C(CC(=O)OC(C)(C)C)Cc3nccs3)n2C2CC2)C1.Cc1ccc(CC(=O)CC(Cc2nccs2)c2nnc(C3CC(CC(C)C)C3)n2C2CC2)c(C)c1.Cc1ccc(N)c(C)c1. The Balaban J connectivity index is 0.000000145. The van der Waals surface area contributed by atoms with E-state index in [0.717, 1.165) is 116 Å². The van der Waals surface area contributed by atoms with Crippen molar-refractivity contribution < 1.29 is 24.2 Å². The van der Waals surface area contributed by atoms with Crippen molar-refractivity contribution in [1.29, 1.82) is 0 Å². The summed E-state index contributed by atoms with van der Waals surface area (Å²) in [6, 6.07) is 13.9. The van der Waals surface area contributed by atoms with Crippen molar-refractivity contribution >= 4 is 57.4 Å². The molecule has 3 atom stereocenters. The third-order valence-electron chi connectivity index (χ3n) is 21.0. The fraction of sp³-hybridized carbons (Fsp3) is 0.630. The molecule has 6 saturated carbocycles. The summed E-state index contributed by atoms with van der Waals surface area (Å²) in [6.07, 6.45) is 27.1. The number of thiazole rings is 3. The van der Waals surface area contributed by atoms with Crippen LogP contribution in [0.25, 0.3) is 0 Å². The molecule has 6 heterocycles. The third-order valence-corrected chi connectivity index (χ3v) is 23.5. The van der Waals surface area contributed by atoms with Crippen LogP contribution in [0.3, 0.4) is 0 Å². The maximum Gasteiger partial charge on any atom is 0.307 e. The second-order valence-corrected chi connectivity index (χ2v) is 36.1. The fourth-order valence-corrected chi connectivity index (χ4v) is 17.9. The van der Waals surface area contributed by atoms with Gasteiger partial charge >= 0.3 is 11.9 Å². The van der Waals surface area contributed by atoms with Crippen molar-refractivity contribution in [2.24, 2.45) is 35.5 Å². The number of carbonyl (C=O) groups is 3. The number of carbonyl (C=O) groups excluding carboxylic acids is 2. The number of carboxylic acids is 1. The van der Waals surface area contributed by atoms with E-state index in [4.69, 9.17) is 20.7 Å². The molecule has 3 N–H and O–H groups in total. The summed E-state index contributed by atoms with van der Waals surface area (Å²) in [7, 11) is 0. The molecule has 6 fully saturated rings. The highest BCUT2D eigenvalue weighted by atomic mass is 32.1. The molecule has 0 spiro atoms. The van der Waals surface area contributed by atoms with Gasteiger partial charge in [-0.3, -0.25) is 14.4 Å². The topological polar surface area (TPSA) is 237 Å². The Kier molecular flexibility index (Phi) is 25.7. The van der Waals surface area contributed by atoms with Crippen LogP contribution in [-0.4, -0.2) is 87.7 Å². The number of hydrogen-bond donors (Lipinski definition) is 2. The zero-order valence-corrected chi connectivity index (χ0v) is 65.3. The number of nitrogen functional groups attached to an aromatic ring is 1. The Morgan fingerprint density at radius 3 is 1.20 bits per heavy atom. The fourth-order valence-electron chi connectivity index (χ4n) is 15.8. The van der Waals surface area contributed by atoms with E-state index in [1.54, 1.807) is 40.2 Å². The van der Waals surface area contributed by atoms with Crippen LogP contribution in [0.2, 0.25) is 0 Å². The van der Waals surface area contributed by atoms with Crippen LogP contribution < -0.4 is 5.73 Å². The number of esters is 1. The number of aliphatic carboxylic acids is 1. The van der Waals surface area contributed by atoms with E-state index in [0.29, 0.717) is 68.0 Å². The van der Waals surface area contributed by atoms with Crippen molar-refractivity contribution in [2.45, 2.75) is 291 Å². The van der Waals surface area contributed by atoms with Crippen LogP contribution in [-0.2, 0) is 44.8 Å². The lowest BCUT2D eigenvalue weighted by Crippen LogP contribution is -2.27. The standard InChI is InChI=1S/C29H38N4OS.C24H36N4O2S.C20H28N4O2S.C8H11N/c1-18(2)11-21-13-23(14-21)28-31-32-29(33(28)25-7-8-25)24(17-27-30-9-10-35-27)16-26(34)15-22-6-5-19(3)12-20(22)4;1-15(2)10-16-11-17(12-16)22-26-27-23(28(22)19-6-7-19)18(13-20-25-8-9-31-20)14-21(29)30-24(3,4)5;1-12(2)7-13-8-14(9-13)19-22-23-20(24(19)16-3-4-16)15(11-18(25)26)10-17-21-5-6-27-17;1-6-3-4-8(9)7(2)5-6/h5-6,9-10,12,18,21,23-25H,7-8,11,13-17H2,1-4H3;8-9,15-19H,6-7,10-14H2,1-5H3;5-6,12-16H,3-4,7-11H2,1-2H3,(H,25,26);3-5H,9H2,1-2H3. The molecule has 6 aliphatic rings. The number of nitrogens with zero attached hydrogens (tertiary/aromatic N) is 12. The predicted octanol–water partition coefficient (Wildman–Crippen LogP) is 18.7. The Hall–Kier alpha value is -6.84. The van der Waals surface area contributed by atoms with Crippen molar-refractivity contribution in [3.63, 3.8) is 0 Å². The number of benzene rings is 2. The molecular weight excluding hydrogens is 1330 g/mol. The minimum Gasteiger partial charge on any atom is -0.481 e. The quantitative estimate of drug-likeness (QED) is 0.0327. The highest BCUT2D eigenvalue weighted by molar-refractivity contribution is 7.10. The molecule has 6 aromatic heterocycles. The number of ketones is 1. The van der Waals surface area contributed by atoms with E-state index in [2.05, 4.69) is 136 Å². The average Bonchev–Trinajstić information content (AvgIpc) is 1.61. The molecule has 0 aliphatic heterocycles. The maximum atomic E-state index is 13.3. The van der Waals surface area contributed by atoms with E-state index < -0.39 is 11.6 Å². The number of aryl methyl sites for hydroxylation is 4. The second kappa shape index (κ2) is 34.4. The molecule has 14 rings (SSSR count). The summed E-state index contributed by atoms with van der Waals surface area (Å²) in [5, 5.41) is 46.4. The molecular formula is C81H113N13O5S3. The Labute approximate surface area is 617 Å². The van der Waals surface area contributed by atoms with Gasteiger partial charge in [-0.25, -0.2) is 15.0 Å².